The molecule has 7 nitrogen and oxygen atoms in total. The van der Waals surface area contributed by atoms with E-state index in [1.165, 1.54) is 13.8 Å². The molecule has 4 fully saturated rings. The third-order valence-corrected chi connectivity index (χ3v) is 9.60. The molecule has 32 heavy (non-hydrogen) atoms. The summed E-state index contributed by atoms with van der Waals surface area (Å²) in [7, 11) is 0. The van der Waals surface area contributed by atoms with Crippen LogP contribution in [0.4, 0.5) is 0 Å². The molecule has 7 unspecified atom stereocenters. The van der Waals surface area contributed by atoms with Gasteiger partial charge in [0.1, 0.15) is 6.10 Å². The van der Waals surface area contributed by atoms with E-state index in [0.29, 0.717) is 38.1 Å². The van der Waals surface area contributed by atoms with E-state index in [1.54, 1.807) is 0 Å². The van der Waals surface area contributed by atoms with Crippen LogP contribution in [0.3, 0.4) is 0 Å². The van der Waals surface area contributed by atoms with Gasteiger partial charge in [-0.2, -0.15) is 0 Å². The molecule has 0 aromatic rings. The predicted molar refractivity (Wildman–Crippen MR) is 116 cm³/mol. The van der Waals surface area contributed by atoms with E-state index in [4.69, 9.17) is 18.9 Å². The minimum atomic E-state index is -0.499. The lowest BCUT2D eigenvalue weighted by atomic mass is 9.49. The summed E-state index contributed by atoms with van der Waals surface area (Å²) in [6, 6.07) is 0. The minimum Gasteiger partial charge on any atom is -0.466 e. The first-order valence-corrected chi connectivity index (χ1v) is 12.3. The lowest BCUT2D eigenvalue weighted by Gasteiger charge is -2.57. The second-order valence-electron chi connectivity index (χ2n) is 11.0. The van der Waals surface area contributed by atoms with E-state index in [1.807, 2.05) is 0 Å². The molecule has 0 aromatic heterocycles. The SMILES string of the molecule is CC(=O)OCC1CC(OC(C)=O)CCC1(C)C1CCC2(C)C(CCC23OCCO3)C1CO. The molecule has 0 bridgehead atoms. The van der Waals surface area contributed by atoms with Crippen molar-refractivity contribution in [3.8, 4) is 0 Å². The molecule has 1 aliphatic heterocycles. The summed E-state index contributed by atoms with van der Waals surface area (Å²) in [5.74, 6) is -0.174. The lowest BCUT2D eigenvalue weighted by molar-refractivity contribution is -0.246. The average molecular weight is 453 g/mol. The molecule has 4 aliphatic rings. The summed E-state index contributed by atoms with van der Waals surface area (Å²) in [5, 5.41) is 10.6. The zero-order chi connectivity index (χ0) is 23.1. The van der Waals surface area contributed by atoms with Gasteiger partial charge in [0.2, 0.25) is 0 Å². The number of carbonyl (C=O) groups excluding carboxylic acids is 2. The number of hydrogen-bond acceptors (Lipinski definition) is 7. The van der Waals surface area contributed by atoms with Gasteiger partial charge in [-0.3, -0.25) is 9.59 Å². The molecule has 0 radical (unpaired) electrons. The highest BCUT2D eigenvalue weighted by Gasteiger charge is 2.66. The van der Waals surface area contributed by atoms with Crippen LogP contribution in [0.5, 0.6) is 0 Å². The van der Waals surface area contributed by atoms with Crippen LogP contribution < -0.4 is 0 Å². The Labute approximate surface area is 191 Å². The summed E-state index contributed by atoms with van der Waals surface area (Å²) in [5.41, 5.74) is -0.196. The van der Waals surface area contributed by atoms with Crippen molar-refractivity contribution in [3.05, 3.63) is 0 Å². The van der Waals surface area contributed by atoms with Crippen LogP contribution in [0, 0.1) is 34.5 Å². The molecule has 3 saturated carbocycles. The summed E-state index contributed by atoms with van der Waals surface area (Å²) in [6.45, 7) is 9.25. The predicted octanol–water partition coefficient (Wildman–Crippen LogP) is 3.47. The number of carbonyl (C=O) groups is 2. The van der Waals surface area contributed by atoms with Crippen LogP contribution >= 0.6 is 0 Å². The zero-order valence-corrected chi connectivity index (χ0v) is 20.1. The Kier molecular flexibility index (Phi) is 6.65. The first kappa shape index (κ1) is 24.0. The highest BCUT2D eigenvalue weighted by Crippen LogP contribution is 2.66. The third kappa shape index (κ3) is 3.88. The largest absolute Gasteiger partial charge is 0.466 e. The van der Waals surface area contributed by atoms with E-state index in [-0.39, 0.29) is 47.3 Å². The monoisotopic (exact) mass is 452 g/mol. The molecular weight excluding hydrogens is 412 g/mol. The number of aliphatic hydroxyl groups excluding tert-OH is 1. The van der Waals surface area contributed by atoms with Gasteiger partial charge in [0.15, 0.2) is 5.79 Å². The van der Waals surface area contributed by atoms with Crippen molar-refractivity contribution in [2.45, 2.75) is 84.5 Å². The minimum absolute atomic E-state index is 0.0854. The van der Waals surface area contributed by atoms with Crippen LogP contribution in [0.2, 0.25) is 0 Å². The van der Waals surface area contributed by atoms with E-state index in [0.717, 1.165) is 38.5 Å². The van der Waals surface area contributed by atoms with Gasteiger partial charge in [0.25, 0.3) is 0 Å². The third-order valence-electron chi connectivity index (χ3n) is 9.60. The van der Waals surface area contributed by atoms with E-state index in [9.17, 15) is 14.7 Å². The van der Waals surface area contributed by atoms with Crippen molar-refractivity contribution in [2.75, 3.05) is 26.4 Å². The number of aliphatic hydroxyl groups is 1. The fourth-order valence-electron chi connectivity index (χ4n) is 7.93. The first-order chi connectivity index (χ1) is 15.1. The molecule has 7 heteroatoms. The molecule has 3 aliphatic carbocycles. The smallest absolute Gasteiger partial charge is 0.302 e. The van der Waals surface area contributed by atoms with Crippen LogP contribution in [0.25, 0.3) is 0 Å². The average Bonchev–Trinajstić information content (AvgIpc) is 3.33. The van der Waals surface area contributed by atoms with Crippen molar-refractivity contribution in [3.63, 3.8) is 0 Å². The second kappa shape index (κ2) is 8.88. The Balaban J connectivity index is 1.58. The molecule has 1 spiro atoms. The van der Waals surface area contributed by atoms with E-state index in [2.05, 4.69) is 13.8 Å². The van der Waals surface area contributed by atoms with Gasteiger partial charge >= 0.3 is 11.9 Å². The lowest BCUT2D eigenvalue weighted by Crippen LogP contribution is -2.56. The highest BCUT2D eigenvalue weighted by molar-refractivity contribution is 5.66. The van der Waals surface area contributed by atoms with Crippen molar-refractivity contribution >= 4 is 11.9 Å². The molecule has 1 N–H and O–H groups in total. The highest BCUT2D eigenvalue weighted by atomic mass is 16.7. The summed E-state index contributed by atoms with van der Waals surface area (Å²) in [4.78, 5) is 23.2. The van der Waals surface area contributed by atoms with Crippen molar-refractivity contribution in [1.29, 1.82) is 0 Å². The molecule has 7 atom stereocenters. The molecule has 1 saturated heterocycles. The number of fused-ring (bicyclic) bond motifs is 2. The van der Waals surface area contributed by atoms with Gasteiger partial charge in [-0.1, -0.05) is 13.8 Å². The Morgan fingerprint density at radius 1 is 0.969 bits per heavy atom. The molecule has 0 aromatic carbocycles. The Morgan fingerprint density at radius 2 is 1.66 bits per heavy atom. The quantitative estimate of drug-likeness (QED) is 0.639. The molecule has 1 heterocycles. The van der Waals surface area contributed by atoms with Gasteiger partial charge < -0.3 is 24.1 Å². The summed E-state index contributed by atoms with van der Waals surface area (Å²) < 4.78 is 23.4. The maximum atomic E-state index is 11.6. The fourth-order valence-corrected chi connectivity index (χ4v) is 7.93. The first-order valence-electron chi connectivity index (χ1n) is 12.3. The second-order valence-corrected chi connectivity index (χ2v) is 11.0. The van der Waals surface area contributed by atoms with E-state index < -0.39 is 5.79 Å². The normalized spacial score (nSPS) is 43.1. The Hall–Kier alpha value is -1.18. The van der Waals surface area contributed by atoms with Crippen LogP contribution in [-0.4, -0.2) is 55.4 Å². The van der Waals surface area contributed by atoms with Gasteiger partial charge in [-0.05, 0) is 61.7 Å². The van der Waals surface area contributed by atoms with Gasteiger partial charge in [0, 0.05) is 38.2 Å². The van der Waals surface area contributed by atoms with Crippen molar-refractivity contribution in [1.82, 2.24) is 0 Å². The fraction of sp³-hybridized carbons (Fsp3) is 0.920. The summed E-state index contributed by atoms with van der Waals surface area (Å²) in [6.07, 6.45) is 6.12. The molecular formula is C25H40O7. The Bertz CT molecular complexity index is 717. The topological polar surface area (TPSA) is 91.3 Å². The van der Waals surface area contributed by atoms with Gasteiger partial charge in [-0.15, -0.1) is 0 Å². The standard InChI is InChI=1S/C25H40O7/c1-16(27)29-15-18-13-19(32-17(2)28)5-8-23(18,3)21-6-9-24(4)22(20(21)14-26)7-10-25(24)30-11-12-31-25/h18-22,26H,5-15H2,1-4H3. The Morgan fingerprint density at radius 3 is 2.28 bits per heavy atom. The number of rotatable bonds is 5. The van der Waals surface area contributed by atoms with E-state index >= 15 is 0 Å². The van der Waals surface area contributed by atoms with Crippen LogP contribution in [-0.2, 0) is 28.5 Å². The maximum Gasteiger partial charge on any atom is 0.302 e. The molecule has 4 rings (SSSR count). The number of hydrogen-bond donors (Lipinski definition) is 1. The van der Waals surface area contributed by atoms with Gasteiger partial charge in [-0.25, -0.2) is 0 Å². The summed E-state index contributed by atoms with van der Waals surface area (Å²) >= 11 is 0. The zero-order valence-electron chi connectivity index (χ0n) is 20.1. The molecule has 0 amide bonds. The van der Waals surface area contributed by atoms with Crippen LogP contribution in [0.1, 0.15) is 72.6 Å². The molecule has 182 valence electrons. The number of ether oxygens (including phenoxy) is 4. The van der Waals surface area contributed by atoms with Gasteiger partial charge in [0.05, 0.1) is 19.8 Å². The van der Waals surface area contributed by atoms with Crippen molar-refractivity contribution < 1.29 is 33.6 Å². The van der Waals surface area contributed by atoms with Crippen molar-refractivity contribution in [2.24, 2.45) is 34.5 Å². The number of esters is 2. The van der Waals surface area contributed by atoms with Crippen LogP contribution in [0.15, 0.2) is 0 Å². The maximum absolute atomic E-state index is 11.6.